The van der Waals surface area contributed by atoms with E-state index in [9.17, 15) is 14.0 Å². The van der Waals surface area contributed by atoms with Gasteiger partial charge >= 0.3 is 12.0 Å². The van der Waals surface area contributed by atoms with E-state index in [4.69, 9.17) is 5.11 Å². The molecule has 1 aliphatic rings. The summed E-state index contributed by atoms with van der Waals surface area (Å²) in [5.74, 6) is -1.54. The Morgan fingerprint density at radius 3 is 2.52 bits per heavy atom. The Morgan fingerprint density at radius 2 is 1.95 bits per heavy atom. The van der Waals surface area contributed by atoms with Gasteiger partial charge in [0.15, 0.2) is 0 Å². The molecular formula is C15H19FN2O3. The Hall–Kier alpha value is -2.11. The molecule has 1 aliphatic heterocycles. The molecule has 0 saturated carbocycles. The molecule has 0 aliphatic carbocycles. The molecule has 1 atom stereocenters. The third kappa shape index (κ3) is 3.71. The molecular weight excluding hydrogens is 275 g/mol. The second kappa shape index (κ2) is 6.56. The maximum Gasteiger partial charge on any atom is 0.317 e. The number of rotatable bonds is 3. The van der Waals surface area contributed by atoms with Crippen molar-refractivity contribution in [1.82, 2.24) is 10.2 Å². The van der Waals surface area contributed by atoms with Crippen molar-refractivity contribution in [1.29, 1.82) is 0 Å². The van der Waals surface area contributed by atoms with Gasteiger partial charge in [0.25, 0.3) is 0 Å². The van der Waals surface area contributed by atoms with Crippen LogP contribution in [0.5, 0.6) is 0 Å². The number of aliphatic carboxylic acids is 1. The number of carbonyl (C=O) groups is 2. The van der Waals surface area contributed by atoms with E-state index < -0.39 is 12.0 Å². The number of benzene rings is 1. The van der Waals surface area contributed by atoms with Crippen LogP contribution in [0, 0.1) is 11.7 Å². The zero-order valence-corrected chi connectivity index (χ0v) is 11.9. The van der Waals surface area contributed by atoms with Crippen molar-refractivity contribution < 1.29 is 19.1 Å². The molecule has 2 amide bonds. The minimum atomic E-state index is -0.810. The Labute approximate surface area is 122 Å². The fourth-order valence-corrected chi connectivity index (χ4v) is 2.51. The summed E-state index contributed by atoms with van der Waals surface area (Å²) in [7, 11) is 0. The number of nitrogens with zero attached hydrogens (tertiary/aromatic N) is 1. The van der Waals surface area contributed by atoms with E-state index in [0.717, 1.165) is 0 Å². The number of piperidine rings is 1. The maximum atomic E-state index is 13.6. The van der Waals surface area contributed by atoms with Crippen LogP contribution in [0.25, 0.3) is 0 Å². The van der Waals surface area contributed by atoms with E-state index in [0.29, 0.717) is 31.5 Å². The summed E-state index contributed by atoms with van der Waals surface area (Å²) in [6.07, 6.45) is 0.910. The van der Waals surface area contributed by atoms with Crippen LogP contribution in [0.1, 0.15) is 31.4 Å². The Bertz CT molecular complexity index is 527. The average Bonchev–Trinajstić information content (AvgIpc) is 2.47. The number of nitrogens with one attached hydrogen (secondary N) is 1. The molecule has 1 saturated heterocycles. The van der Waals surface area contributed by atoms with Crippen LogP contribution in [0.4, 0.5) is 9.18 Å². The summed E-state index contributed by atoms with van der Waals surface area (Å²) < 4.78 is 13.6. The Balaban J connectivity index is 1.90. The first kappa shape index (κ1) is 15.3. The monoisotopic (exact) mass is 294 g/mol. The molecule has 21 heavy (non-hydrogen) atoms. The molecule has 6 heteroatoms. The molecule has 1 unspecified atom stereocenters. The van der Waals surface area contributed by atoms with Gasteiger partial charge in [0.05, 0.1) is 12.0 Å². The summed E-state index contributed by atoms with van der Waals surface area (Å²) in [5.41, 5.74) is 0.436. The molecule has 1 fully saturated rings. The molecule has 1 aromatic carbocycles. The van der Waals surface area contributed by atoms with Crippen molar-refractivity contribution in [3.63, 3.8) is 0 Å². The number of halogens is 1. The van der Waals surface area contributed by atoms with Crippen LogP contribution >= 0.6 is 0 Å². The van der Waals surface area contributed by atoms with E-state index in [-0.39, 0.29) is 17.8 Å². The maximum absolute atomic E-state index is 13.6. The van der Waals surface area contributed by atoms with Gasteiger partial charge in [0.1, 0.15) is 5.82 Å². The lowest BCUT2D eigenvalue weighted by Crippen LogP contribution is -2.46. The van der Waals surface area contributed by atoms with Gasteiger partial charge in [-0.3, -0.25) is 4.79 Å². The fraction of sp³-hybridized carbons (Fsp3) is 0.467. The summed E-state index contributed by atoms with van der Waals surface area (Å²) in [6, 6.07) is 5.60. The van der Waals surface area contributed by atoms with E-state index in [1.807, 2.05) is 0 Å². The number of urea groups is 1. The fourth-order valence-electron chi connectivity index (χ4n) is 2.51. The van der Waals surface area contributed by atoms with Gasteiger partial charge in [-0.1, -0.05) is 18.2 Å². The zero-order chi connectivity index (χ0) is 15.4. The first-order chi connectivity index (χ1) is 9.99. The number of carbonyl (C=O) groups excluding carboxylic acids is 1. The quantitative estimate of drug-likeness (QED) is 0.899. The number of hydrogen-bond acceptors (Lipinski definition) is 2. The highest BCUT2D eigenvalue weighted by Gasteiger charge is 2.27. The standard InChI is InChI=1S/C15H19FN2O3/c1-10(12-4-2-3-5-13(12)16)17-15(21)18-8-6-11(7-9-18)14(19)20/h2-5,10-11H,6-9H2,1H3,(H,17,21)(H,19,20). The molecule has 1 aromatic rings. The van der Waals surface area contributed by atoms with Crippen molar-refractivity contribution in [2.75, 3.05) is 13.1 Å². The predicted octanol–water partition coefficient (Wildman–Crippen LogP) is 2.39. The third-order valence-corrected chi connectivity index (χ3v) is 3.84. The van der Waals surface area contributed by atoms with Gasteiger partial charge in [-0.25, -0.2) is 9.18 Å². The van der Waals surface area contributed by atoms with Crippen molar-refractivity contribution >= 4 is 12.0 Å². The van der Waals surface area contributed by atoms with E-state index in [1.54, 1.807) is 30.0 Å². The highest BCUT2D eigenvalue weighted by molar-refractivity contribution is 5.75. The summed E-state index contributed by atoms with van der Waals surface area (Å²) in [6.45, 7) is 2.54. The van der Waals surface area contributed by atoms with Gasteiger partial charge in [-0.15, -0.1) is 0 Å². The smallest absolute Gasteiger partial charge is 0.317 e. The highest BCUT2D eigenvalue weighted by Crippen LogP contribution is 2.19. The highest BCUT2D eigenvalue weighted by atomic mass is 19.1. The number of amides is 2. The molecule has 0 aromatic heterocycles. The van der Waals surface area contributed by atoms with Crippen molar-refractivity contribution in [3.05, 3.63) is 35.6 Å². The topological polar surface area (TPSA) is 69.6 Å². The Kier molecular flexibility index (Phi) is 4.77. The van der Waals surface area contributed by atoms with E-state index >= 15 is 0 Å². The second-order valence-corrected chi connectivity index (χ2v) is 5.29. The van der Waals surface area contributed by atoms with Gasteiger partial charge in [-0.05, 0) is 25.8 Å². The average molecular weight is 294 g/mol. The number of likely N-dealkylation sites (tertiary alicyclic amines) is 1. The van der Waals surface area contributed by atoms with Gasteiger partial charge in [0.2, 0.25) is 0 Å². The molecule has 2 rings (SSSR count). The van der Waals surface area contributed by atoms with Crippen molar-refractivity contribution in [3.8, 4) is 0 Å². The number of hydrogen-bond donors (Lipinski definition) is 2. The summed E-state index contributed by atoms with van der Waals surface area (Å²) in [5, 5.41) is 11.7. The first-order valence-electron chi connectivity index (χ1n) is 7.01. The minimum absolute atomic E-state index is 0.283. The van der Waals surface area contributed by atoms with E-state index in [2.05, 4.69) is 5.32 Å². The zero-order valence-electron chi connectivity index (χ0n) is 11.9. The molecule has 0 bridgehead atoms. The molecule has 2 N–H and O–H groups in total. The molecule has 5 nitrogen and oxygen atoms in total. The molecule has 0 spiro atoms. The number of carboxylic acid groups (broad SMARTS) is 1. The molecule has 0 radical (unpaired) electrons. The minimum Gasteiger partial charge on any atom is -0.481 e. The lowest BCUT2D eigenvalue weighted by atomic mass is 9.97. The molecule has 1 heterocycles. The van der Waals surface area contributed by atoms with Crippen molar-refractivity contribution in [2.45, 2.75) is 25.8 Å². The van der Waals surface area contributed by atoms with Crippen LogP contribution in [-0.2, 0) is 4.79 Å². The van der Waals surface area contributed by atoms with Crippen LogP contribution < -0.4 is 5.32 Å². The third-order valence-electron chi connectivity index (χ3n) is 3.84. The summed E-state index contributed by atoms with van der Waals surface area (Å²) >= 11 is 0. The Morgan fingerprint density at radius 1 is 1.33 bits per heavy atom. The lowest BCUT2D eigenvalue weighted by Gasteiger charge is -2.31. The van der Waals surface area contributed by atoms with Gasteiger partial charge < -0.3 is 15.3 Å². The summed E-state index contributed by atoms with van der Waals surface area (Å²) in [4.78, 5) is 24.6. The first-order valence-corrected chi connectivity index (χ1v) is 7.01. The SMILES string of the molecule is CC(NC(=O)N1CCC(C(=O)O)CC1)c1ccccc1F. The number of carboxylic acids is 1. The lowest BCUT2D eigenvalue weighted by molar-refractivity contribution is -0.143. The van der Waals surface area contributed by atoms with Gasteiger partial charge in [-0.2, -0.15) is 0 Å². The van der Waals surface area contributed by atoms with E-state index in [1.165, 1.54) is 6.07 Å². The predicted molar refractivity (Wildman–Crippen MR) is 75.3 cm³/mol. The van der Waals surface area contributed by atoms with Crippen LogP contribution in [0.3, 0.4) is 0 Å². The van der Waals surface area contributed by atoms with Crippen LogP contribution in [0.2, 0.25) is 0 Å². The largest absolute Gasteiger partial charge is 0.481 e. The van der Waals surface area contributed by atoms with Gasteiger partial charge in [0, 0.05) is 18.7 Å². The van der Waals surface area contributed by atoms with Crippen LogP contribution in [0.15, 0.2) is 24.3 Å². The van der Waals surface area contributed by atoms with Crippen molar-refractivity contribution in [2.24, 2.45) is 5.92 Å². The molecule has 114 valence electrons. The normalized spacial score (nSPS) is 17.3. The second-order valence-electron chi connectivity index (χ2n) is 5.29. The van der Waals surface area contributed by atoms with Crippen LogP contribution in [-0.4, -0.2) is 35.1 Å².